The van der Waals surface area contributed by atoms with Gasteiger partial charge in [0.15, 0.2) is 0 Å². The number of rotatable bonds is 2. The Hall–Kier alpha value is -1.78. The lowest BCUT2D eigenvalue weighted by atomic mass is 10.1. The molecule has 0 fully saturated rings. The van der Waals surface area contributed by atoms with Gasteiger partial charge >= 0.3 is 0 Å². The van der Waals surface area contributed by atoms with Crippen molar-refractivity contribution in [2.45, 2.75) is 26.1 Å². The third-order valence-electron chi connectivity index (χ3n) is 3.66. The van der Waals surface area contributed by atoms with E-state index in [9.17, 15) is 4.79 Å². The summed E-state index contributed by atoms with van der Waals surface area (Å²) in [5, 5.41) is 3.65. The van der Waals surface area contributed by atoms with Gasteiger partial charge in [-0.05, 0) is 42.8 Å². The van der Waals surface area contributed by atoms with E-state index >= 15 is 0 Å². The Balaban J connectivity index is 1.91. The van der Waals surface area contributed by atoms with Gasteiger partial charge in [0.2, 0.25) is 5.91 Å². The lowest BCUT2D eigenvalue weighted by molar-refractivity contribution is -0.120. The Kier molecular flexibility index (Phi) is 3.51. The van der Waals surface area contributed by atoms with Crippen molar-refractivity contribution in [1.29, 1.82) is 0 Å². The van der Waals surface area contributed by atoms with Crippen molar-refractivity contribution < 1.29 is 4.79 Å². The van der Waals surface area contributed by atoms with E-state index in [0.29, 0.717) is 18.1 Å². The van der Waals surface area contributed by atoms with Crippen LogP contribution >= 0.6 is 11.6 Å². The van der Waals surface area contributed by atoms with Crippen molar-refractivity contribution in [2.75, 3.05) is 5.32 Å². The van der Waals surface area contributed by atoms with Crippen molar-refractivity contribution >= 4 is 23.2 Å². The maximum Gasteiger partial charge on any atom is 0.241 e. The van der Waals surface area contributed by atoms with Crippen LogP contribution in [0, 0.1) is 0 Å². The SMILES string of the molecule is C[C@H]1C(=O)Nc2ccc(Cl)cc2CN1Cc1ccc[nH]1. The van der Waals surface area contributed by atoms with Crippen LogP contribution in [0.1, 0.15) is 18.2 Å². The molecule has 1 aliphatic heterocycles. The van der Waals surface area contributed by atoms with Gasteiger partial charge in [-0.25, -0.2) is 0 Å². The van der Waals surface area contributed by atoms with Gasteiger partial charge < -0.3 is 10.3 Å². The number of H-pyrrole nitrogens is 1. The first-order valence-electron chi connectivity index (χ1n) is 6.59. The van der Waals surface area contributed by atoms with Gasteiger partial charge in [-0.15, -0.1) is 0 Å². The molecule has 1 amide bonds. The summed E-state index contributed by atoms with van der Waals surface area (Å²) in [6, 6.07) is 9.37. The van der Waals surface area contributed by atoms with Gasteiger partial charge in [-0.2, -0.15) is 0 Å². The number of fused-ring (bicyclic) bond motifs is 1. The molecular weight excluding hydrogens is 274 g/mol. The largest absolute Gasteiger partial charge is 0.364 e. The average molecular weight is 290 g/mol. The molecule has 1 atom stereocenters. The van der Waals surface area contributed by atoms with Gasteiger partial charge in [0.25, 0.3) is 0 Å². The molecule has 3 rings (SSSR count). The van der Waals surface area contributed by atoms with Crippen LogP contribution in [-0.4, -0.2) is 21.8 Å². The number of hydrogen-bond donors (Lipinski definition) is 2. The number of benzene rings is 1. The van der Waals surface area contributed by atoms with Crippen LogP contribution in [0.3, 0.4) is 0 Å². The molecule has 5 heteroatoms. The van der Waals surface area contributed by atoms with Gasteiger partial charge in [0.05, 0.1) is 6.04 Å². The Morgan fingerprint density at radius 2 is 2.25 bits per heavy atom. The van der Waals surface area contributed by atoms with Gasteiger partial charge in [0, 0.05) is 35.7 Å². The van der Waals surface area contributed by atoms with E-state index in [0.717, 1.165) is 16.9 Å². The number of halogens is 1. The van der Waals surface area contributed by atoms with E-state index in [1.807, 2.05) is 37.4 Å². The second-order valence-corrected chi connectivity index (χ2v) is 5.50. The number of carbonyl (C=O) groups excluding carboxylic acids is 1. The highest BCUT2D eigenvalue weighted by molar-refractivity contribution is 6.30. The van der Waals surface area contributed by atoms with Gasteiger partial charge in [-0.1, -0.05) is 11.6 Å². The number of nitrogens with one attached hydrogen (secondary N) is 2. The second-order valence-electron chi connectivity index (χ2n) is 5.07. The molecule has 0 bridgehead atoms. The molecule has 2 N–H and O–H groups in total. The highest BCUT2D eigenvalue weighted by Gasteiger charge is 2.26. The molecule has 104 valence electrons. The number of amides is 1. The van der Waals surface area contributed by atoms with Crippen LogP contribution in [0.15, 0.2) is 36.5 Å². The summed E-state index contributed by atoms with van der Waals surface area (Å²) in [6.07, 6.45) is 1.89. The van der Waals surface area contributed by atoms with Crippen molar-refractivity contribution in [1.82, 2.24) is 9.88 Å². The molecule has 0 spiro atoms. The first-order chi connectivity index (χ1) is 9.63. The standard InChI is InChI=1S/C15H16ClN3O/c1-10-15(20)18-14-5-4-12(16)7-11(14)8-19(10)9-13-3-2-6-17-13/h2-7,10,17H,8-9H2,1H3,(H,18,20)/t10-/m0/s1. The molecule has 0 saturated carbocycles. The maximum absolute atomic E-state index is 12.2. The zero-order chi connectivity index (χ0) is 14.1. The predicted octanol–water partition coefficient (Wildman–Crippen LogP) is 3.01. The summed E-state index contributed by atoms with van der Waals surface area (Å²) in [4.78, 5) is 17.5. The number of hydrogen-bond acceptors (Lipinski definition) is 2. The topological polar surface area (TPSA) is 48.1 Å². The van der Waals surface area contributed by atoms with Crippen LogP contribution < -0.4 is 5.32 Å². The number of nitrogens with zero attached hydrogens (tertiary/aromatic N) is 1. The Labute approximate surface area is 122 Å². The molecule has 1 aromatic heterocycles. The van der Waals surface area contributed by atoms with E-state index < -0.39 is 0 Å². The van der Waals surface area contributed by atoms with Crippen molar-refractivity contribution in [2.24, 2.45) is 0 Å². The van der Waals surface area contributed by atoms with Gasteiger partial charge in [0.1, 0.15) is 0 Å². The summed E-state index contributed by atoms with van der Waals surface area (Å²) < 4.78 is 0. The summed E-state index contributed by atoms with van der Waals surface area (Å²) in [6.45, 7) is 3.31. The molecule has 4 nitrogen and oxygen atoms in total. The fourth-order valence-electron chi connectivity index (χ4n) is 2.45. The van der Waals surface area contributed by atoms with E-state index in [2.05, 4.69) is 15.2 Å². The molecule has 1 aromatic carbocycles. The molecular formula is C15H16ClN3O. The number of anilines is 1. The van der Waals surface area contributed by atoms with Crippen LogP contribution in [0.4, 0.5) is 5.69 Å². The third-order valence-corrected chi connectivity index (χ3v) is 3.90. The Morgan fingerprint density at radius 3 is 3.00 bits per heavy atom. The minimum Gasteiger partial charge on any atom is -0.364 e. The molecule has 1 aliphatic rings. The summed E-state index contributed by atoms with van der Waals surface area (Å²) in [5.41, 5.74) is 2.98. The minimum atomic E-state index is -0.190. The van der Waals surface area contributed by atoms with Crippen molar-refractivity contribution in [3.63, 3.8) is 0 Å². The second kappa shape index (κ2) is 5.31. The quantitative estimate of drug-likeness (QED) is 0.893. The molecule has 20 heavy (non-hydrogen) atoms. The number of aromatic nitrogens is 1. The maximum atomic E-state index is 12.2. The normalized spacial score (nSPS) is 19.3. The lowest BCUT2D eigenvalue weighted by Gasteiger charge is -2.24. The Bertz CT molecular complexity index is 624. The van der Waals surface area contributed by atoms with Crippen molar-refractivity contribution in [3.8, 4) is 0 Å². The smallest absolute Gasteiger partial charge is 0.241 e. The van der Waals surface area contributed by atoms with Crippen LogP contribution in [0.25, 0.3) is 0 Å². The van der Waals surface area contributed by atoms with Crippen LogP contribution in [0.5, 0.6) is 0 Å². The fourth-order valence-corrected chi connectivity index (χ4v) is 2.65. The minimum absolute atomic E-state index is 0.0117. The van der Waals surface area contributed by atoms with E-state index in [1.54, 1.807) is 6.07 Å². The highest BCUT2D eigenvalue weighted by atomic mass is 35.5. The summed E-state index contributed by atoms with van der Waals surface area (Å²) in [7, 11) is 0. The van der Waals surface area contributed by atoms with E-state index in [4.69, 9.17) is 11.6 Å². The summed E-state index contributed by atoms with van der Waals surface area (Å²) >= 11 is 6.06. The number of aromatic amines is 1. The van der Waals surface area contributed by atoms with Crippen LogP contribution in [0.2, 0.25) is 5.02 Å². The molecule has 0 unspecified atom stereocenters. The lowest BCUT2D eigenvalue weighted by Crippen LogP contribution is -2.39. The third kappa shape index (κ3) is 2.57. The van der Waals surface area contributed by atoms with Crippen LogP contribution in [-0.2, 0) is 17.9 Å². The van der Waals surface area contributed by atoms with E-state index in [1.165, 1.54) is 0 Å². The molecule has 0 aliphatic carbocycles. The molecule has 2 aromatic rings. The molecule has 2 heterocycles. The first-order valence-corrected chi connectivity index (χ1v) is 6.97. The average Bonchev–Trinajstić information content (AvgIpc) is 2.89. The highest BCUT2D eigenvalue weighted by Crippen LogP contribution is 2.27. The zero-order valence-corrected chi connectivity index (χ0v) is 11.9. The molecule has 0 saturated heterocycles. The predicted molar refractivity (Wildman–Crippen MR) is 79.6 cm³/mol. The Morgan fingerprint density at radius 1 is 1.40 bits per heavy atom. The number of carbonyl (C=O) groups is 1. The van der Waals surface area contributed by atoms with Crippen molar-refractivity contribution in [3.05, 3.63) is 52.8 Å². The molecule has 0 radical (unpaired) electrons. The monoisotopic (exact) mass is 289 g/mol. The zero-order valence-electron chi connectivity index (χ0n) is 11.2. The van der Waals surface area contributed by atoms with E-state index in [-0.39, 0.29) is 11.9 Å². The fraction of sp³-hybridized carbons (Fsp3) is 0.267. The van der Waals surface area contributed by atoms with Gasteiger partial charge in [-0.3, -0.25) is 9.69 Å². The first kappa shape index (κ1) is 13.2. The summed E-state index contributed by atoms with van der Waals surface area (Å²) in [5.74, 6) is 0.0117.